The summed E-state index contributed by atoms with van der Waals surface area (Å²) in [7, 11) is 0. The Bertz CT molecular complexity index is 577. The molecule has 0 spiro atoms. The highest BCUT2D eigenvalue weighted by molar-refractivity contribution is 5.38. The van der Waals surface area contributed by atoms with E-state index in [0.29, 0.717) is 5.92 Å². The third-order valence-corrected chi connectivity index (χ3v) is 4.01. The van der Waals surface area contributed by atoms with Crippen LogP contribution in [0.5, 0.6) is 5.75 Å². The summed E-state index contributed by atoms with van der Waals surface area (Å²) in [5, 5.41) is 0. The first-order valence-electron chi connectivity index (χ1n) is 7.54. The van der Waals surface area contributed by atoms with Crippen LogP contribution in [0.25, 0.3) is 0 Å². The highest BCUT2D eigenvalue weighted by Gasteiger charge is 2.25. The third kappa shape index (κ3) is 3.64. The van der Waals surface area contributed by atoms with Crippen molar-refractivity contribution in [2.75, 3.05) is 0 Å². The summed E-state index contributed by atoms with van der Waals surface area (Å²) in [5.41, 5.74) is 9.99. The van der Waals surface area contributed by atoms with E-state index in [1.165, 1.54) is 11.1 Å². The van der Waals surface area contributed by atoms with Gasteiger partial charge in [-0.2, -0.15) is 0 Å². The highest BCUT2D eigenvalue weighted by atomic mass is 16.5. The third-order valence-electron chi connectivity index (χ3n) is 4.01. The fourth-order valence-corrected chi connectivity index (χ4v) is 2.49. The fourth-order valence-electron chi connectivity index (χ4n) is 2.49. The molecule has 0 bridgehead atoms. The van der Waals surface area contributed by atoms with E-state index < -0.39 is 0 Å². The zero-order valence-electron chi connectivity index (χ0n) is 13.3. The van der Waals surface area contributed by atoms with Gasteiger partial charge in [-0.1, -0.05) is 56.3 Å². The van der Waals surface area contributed by atoms with Gasteiger partial charge in [-0.3, -0.25) is 0 Å². The van der Waals surface area contributed by atoms with Gasteiger partial charge in [0.25, 0.3) is 0 Å². The molecule has 0 aliphatic rings. The molecule has 0 saturated heterocycles. The van der Waals surface area contributed by atoms with Crippen LogP contribution in [0.1, 0.15) is 36.6 Å². The Hall–Kier alpha value is -1.80. The number of ether oxygens (including phenoxy) is 1. The van der Waals surface area contributed by atoms with Crippen LogP contribution in [0.4, 0.5) is 0 Å². The van der Waals surface area contributed by atoms with Crippen molar-refractivity contribution in [3.8, 4) is 5.75 Å². The molecule has 21 heavy (non-hydrogen) atoms. The molecular formula is C19H25NO. The normalized spacial score (nSPS) is 14.0. The Morgan fingerprint density at radius 1 is 0.905 bits per heavy atom. The first-order valence-corrected chi connectivity index (χ1v) is 7.54. The monoisotopic (exact) mass is 283 g/mol. The topological polar surface area (TPSA) is 35.2 Å². The molecule has 112 valence electrons. The predicted octanol–water partition coefficient (Wildman–Crippen LogP) is 4.41. The molecule has 0 heterocycles. The van der Waals surface area contributed by atoms with Crippen molar-refractivity contribution >= 4 is 0 Å². The van der Waals surface area contributed by atoms with Gasteiger partial charge in [0.05, 0.1) is 6.04 Å². The number of nitrogens with two attached hydrogens (primary N) is 1. The number of rotatable bonds is 5. The molecule has 2 aromatic carbocycles. The zero-order chi connectivity index (χ0) is 15.4. The molecule has 0 saturated carbocycles. The average molecular weight is 283 g/mol. The van der Waals surface area contributed by atoms with Crippen LogP contribution in [0.15, 0.2) is 48.5 Å². The largest absolute Gasteiger partial charge is 0.488 e. The van der Waals surface area contributed by atoms with Crippen LogP contribution in [0, 0.1) is 19.8 Å². The lowest BCUT2D eigenvalue weighted by Gasteiger charge is -2.29. The van der Waals surface area contributed by atoms with Crippen molar-refractivity contribution in [2.24, 2.45) is 11.7 Å². The van der Waals surface area contributed by atoms with Crippen molar-refractivity contribution < 1.29 is 4.74 Å². The van der Waals surface area contributed by atoms with E-state index >= 15 is 0 Å². The second kappa shape index (κ2) is 6.77. The summed E-state index contributed by atoms with van der Waals surface area (Å²) in [4.78, 5) is 0. The maximum absolute atomic E-state index is 6.45. The molecular weight excluding hydrogens is 258 g/mol. The van der Waals surface area contributed by atoms with Crippen molar-refractivity contribution in [1.82, 2.24) is 0 Å². The van der Waals surface area contributed by atoms with E-state index in [1.807, 2.05) is 30.3 Å². The number of aryl methyl sites for hydroxylation is 1. The first kappa shape index (κ1) is 15.6. The molecule has 0 aromatic heterocycles. The van der Waals surface area contributed by atoms with Crippen molar-refractivity contribution in [3.05, 3.63) is 65.2 Å². The molecule has 2 N–H and O–H groups in total. The summed E-state index contributed by atoms with van der Waals surface area (Å²) >= 11 is 0. The van der Waals surface area contributed by atoms with Crippen molar-refractivity contribution in [3.63, 3.8) is 0 Å². The van der Waals surface area contributed by atoms with Gasteiger partial charge in [-0.25, -0.2) is 0 Å². The molecule has 2 nitrogen and oxygen atoms in total. The quantitative estimate of drug-likeness (QED) is 0.882. The van der Waals surface area contributed by atoms with Gasteiger partial charge in [0.1, 0.15) is 11.9 Å². The SMILES string of the molecule is Cc1cccc(OC(C(C)C)C(N)c2ccccc2)c1C. The minimum atomic E-state index is -0.133. The van der Waals surface area contributed by atoms with E-state index in [0.717, 1.165) is 11.3 Å². The van der Waals surface area contributed by atoms with E-state index in [9.17, 15) is 0 Å². The highest BCUT2D eigenvalue weighted by Crippen LogP contribution is 2.28. The molecule has 2 atom stereocenters. The van der Waals surface area contributed by atoms with E-state index in [4.69, 9.17) is 10.5 Å². The maximum Gasteiger partial charge on any atom is 0.123 e. The van der Waals surface area contributed by atoms with Gasteiger partial charge in [0.2, 0.25) is 0 Å². The van der Waals surface area contributed by atoms with Crippen LogP contribution >= 0.6 is 0 Å². The lowest BCUT2D eigenvalue weighted by Crippen LogP contribution is -2.36. The van der Waals surface area contributed by atoms with Crippen LogP contribution in [0.3, 0.4) is 0 Å². The van der Waals surface area contributed by atoms with E-state index in [1.54, 1.807) is 0 Å². The van der Waals surface area contributed by atoms with Gasteiger partial charge in [0.15, 0.2) is 0 Å². The molecule has 0 aliphatic heterocycles. The smallest absolute Gasteiger partial charge is 0.123 e. The lowest BCUT2D eigenvalue weighted by atomic mass is 9.94. The average Bonchev–Trinajstić information content (AvgIpc) is 2.48. The van der Waals surface area contributed by atoms with Gasteiger partial charge >= 0.3 is 0 Å². The number of benzene rings is 2. The van der Waals surface area contributed by atoms with E-state index in [2.05, 4.69) is 45.9 Å². The Labute approximate surface area is 127 Å². The Morgan fingerprint density at radius 2 is 1.57 bits per heavy atom. The summed E-state index contributed by atoms with van der Waals surface area (Å²) in [6, 6.07) is 16.2. The van der Waals surface area contributed by atoms with Crippen molar-refractivity contribution in [1.29, 1.82) is 0 Å². The van der Waals surface area contributed by atoms with Crippen LogP contribution in [-0.4, -0.2) is 6.10 Å². The summed E-state index contributed by atoms with van der Waals surface area (Å²) in [6.07, 6.45) is -0.0482. The molecule has 0 radical (unpaired) electrons. The predicted molar refractivity (Wildman–Crippen MR) is 88.5 cm³/mol. The fraction of sp³-hybridized carbons (Fsp3) is 0.368. The number of hydrogen-bond donors (Lipinski definition) is 1. The second-order valence-corrected chi connectivity index (χ2v) is 5.96. The molecule has 0 amide bonds. The summed E-state index contributed by atoms with van der Waals surface area (Å²) < 4.78 is 6.28. The molecule has 2 rings (SSSR count). The maximum atomic E-state index is 6.45. The van der Waals surface area contributed by atoms with Gasteiger partial charge < -0.3 is 10.5 Å². The van der Waals surface area contributed by atoms with Crippen LogP contribution < -0.4 is 10.5 Å². The Balaban J connectivity index is 2.26. The molecule has 0 fully saturated rings. The van der Waals surface area contributed by atoms with Gasteiger partial charge in [-0.05, 0) is 42.5 Å². The molecule has 2 heteroatoms. The van der Waals surface area contributed by atoms with E-state index in [-0.39, 0.29) is 12.1 Å². The zero-order valence-corrected chi connectivity index (χ0v) is 13.3. The van der Waals surface area contributed by atoms with Crippen LogP contribution in [-0.2, 0) is 0 Å². The van der Waals surface area contributed by atoms with Gasteiger partial charge in [0, 0.05) is 0 Å². The Kier molecular flexibility index (Phi) is 5.03. The Morgan fingerprint density at radius 3 is 2.19 bits per heavy atom. The first-order chi connectivity index (χ1) is 10.0. The lowest BCUT2D eigenvalue weighted by molar-refractivity contribution is 0.122. The molecule has 2 aromatic rings. The molecule has 0 aliphatic carbocycles. The van der Waals surface area contributed by atoms with Crippen molar-refractivity contribution in [2.45, 2.75) is 39.8 Å². The molecule has 2 unspecified atom stereocenters. The standard InChI is InChI=1S/C19H25NO/c1-13(2)19(18(20)16-10-6-5-7-11-16)21-17-12-8-9-14(3)15(17)4/h5-13,18-19H,20H2,1-4H3. The van der Waals surface area contributed by atoms with Gasteiger partial charge in [-0.15, -0.1) is 0 Å². The van der Waals surface area contributed by atoms with Crippen LogP contribution in [0.2, 0.25) is 0 Å². The minimum Gasteiger partial charge on any atom is -0.488 e. The number of hydrogen-bond acceptors (Lipinski definition) is 2. The summed E-state index contributed by atoms with van der Waals surface area (Å²) in [6.45, 7) is 8.50. The second-order valence-electron chi connectivity index (χ2n) is 5.96. The summed E-state index contributed by atoms with van der Waals surface area (Å²) in [5.74, 6) is 1.26. The minimum absolute atomic E-state index is 0.0482.